The molecule has 0 aromatic carbocycles. The highest BCUT2D eigenvalue weighted by Crippen LogP contribution is 2.20. The van der Waals surface area contributed by atoms with E-state index in [1.165, 1.54) is 10.9 Å². The van der Waals surface area contributed by atoms with E-state index in [1.807, 2.05) is 0 Å². The van der Waals surface area contributed by atoms with E-state index in [4.69, 9.17) is 5.11 Å². The maximum absolute atomic E-state index is 10.5. The number of hydrogen-bond acceptors (Lipinski definition) is 5. The summed E-state index contributed by atoms with van der Waals surface area (Å²) in [5, 5.41) is 26.1. The summed E-state index contributed by atoms with van der Waals surface area (Å²) in [5.41, 5.74) is -0.0897. The Morgan fingerprint density at radius 1 is 1.86 bits per heavy atom. The van der Waals surface area contributed by atoms with Gasteiger partial charge in [0.2, 0.25) is 5.82 Å². The molecule has 1 aromatic rings. The molecule has 0 amide bonds. The Kier molecular flexibility index (Phi) is 3.03. The van der Waals surface area contributed by atoms with E-state index in [0.717, 1.165) is 0 Å². The van der Waals surface area contributed by atoms with Gasteiger partial charge in [-0.2, -0.15) is 0 Å². The molecule has 0 aliphatic carbocycles. The normalized spacial score (nSPS) is 12.5. The molecule has 7 heteroatoms. The first-order chi connectivity index (χ1) is 6.50. The Labute approximate surface area is 80.5 Å². The summed E-state index contributed by atoms with van der Waals surface area (Å²) >= 11 is 0. The minimum absolute atomic E-state index is 0.0897. The van der Waals surface area contributed by atoms with Gasteiger partial charge >= 0.3 is 5.69 Å². The van der Waals surface area contributed by atoms with Gasteiger partial charge in [-0.15, -0.1) is 5.10 Å². The summed E-state index contributed by atoms with van der Waals surface area (Å²) in [6, 6.07) is 0. The first kappa shape index (κ1) is 10.5. The highest BCUT2D eigenvalue weighted by Gasteiger charge is 2.17. The summed E-state index contributed by atoms with van der Waals surface area (Å²) in [4.78, 5) is 10.0. The SMILES string of the molecule is CC(O)CNc1nn(C)cc1[N+](=O)[O-]. The van der Waals surface area contributed by atoms with Crippen molar-refractivity contribution in [3.05, 3.63) is 16.3 Å². The number of aromatic nitrogens is 2. The van der Waals surface area contributed by atoms with Crippen LogP contribution in [0.4, 0.5) is 11.5 Å². The minimum Gasteiger partial charge on any atom is -0.392 e. The monoisotopic (exact) mass is 200 g/mol. The Bertz CT molecular complexity index is 334. The lowest BCUT2D eigenvalue weighted by molar-refractivity contribution is -0.384. The van der Waals surface area contributed by atoms with Crippen LogP contribution in [-0.2, 0) is 7.05 Å². The van der Waals surface area contributed by atoms with Crippen LogP contribution in [0.1, 0.15) is 6.92 Å². The number of hydrogen-bond donors (Lipinski definition) is 2. The molecule has 0 spiro atoms. The molecule has 1 atom stereocenters. The van der Waals surface area contributed by atoms with Crippen LogP contribution in [0.2, 0.25) is 0 Å². The standard InChI is InChI=1S/C7H12N4O3/c1-5(12)3-8-7-6(11(13)14)4-10(2)9-7/h4-5,12H,3H2,1-2H3,(H,8,9). The highest BCUT2D eigenvalue weighted by molar-refractivity contribution is 5.54. The number of rotatable bonds is 4. The van der Waals surface area contributed by atoms with Gasteiger partial charge in [0.05, 0.1) is 11.0 Å². The molecule has 0 radical (unpaired) electrons. The summed E-state index contributed by atoms with van der Waals surface area (Å²) in [7, 11) is 1.60. The lowest BCUT2D eigenvalue weighted by Crippen LogP contribution is -2.16. The van der Waals surface area contributed by atoms with Crippen LogP contribution in [-0.4, -0.2) is 32.5 Å². The summed E-state index contributed by atoms with van der Waals surface area (Å²) < 4.78 is 1.35. The van der Waals surface area contributed by atoms with Crippen molar-refractivity contribution in [2.75, 3.05) is 11.9 Å². The fourth-order valence-corrected chi connectivity index (χ4v) is 0.980. The van der Waals surface area contributed by atoms with Gasteiger partial charge in [-0.1, -0.05) is 0 Å². The fourth-order valence-electron chi connectivity index (χ4n) is 0.980. The zero-order valence-corrected chi connectivity index (χ0v) is 7.97. The van der Waals surface area contributed by atoms with E-state index in [-0.39, 0.29) is 18.1 Å². The molecule has 7 nitrogen and oxygen atoms in total. The molecule has 0 fully saturated rings. The molecule has 0 saturated heterocycles. The van der Waals surface area contributed by atoms with Gasteiger partial charge in [-0.3, -0.25) is 14.8 Å². The van der Waals surface area contributed by atoms with Crippen molar-refractivity contribution in [1.82, 2.24) is 9.78 Å². The maximum atomic E-state index is 10.5. The topological polar surface area (TPSA) is 93.2 Å². The molecule has 2 N–H and O–H groups in total. The van der Waals surface area contributed by atoms with Crippen molar-refractivity contribution in [3.8, 4) is 0 Å². The molecular formula is C7H12N4O3. The lowest BCUT2D eigenvalue weighted by atomic mass is 10.4. The third-order valence-corrected chi connectivity index (χ3v) is 1.57. The van der Waals surface area contributed by atoms with Crippen LogP contribution in [0, 0.1) is 10.1 Å². The van der Waals surface area contributed by atoms with Crippen molar-refractivity contribution >= 4 is 11.5 Å². The van der Waals surface area contributed by atoms with Gasteiger partial charge in [0.15, 0.2) is 0 Å². The Hall–Kier alpha value is -1.63. The number of aliphatic hydroxyl groups excluding tert-OH is 1. The number of nitro groups is 1. The second-order valence-electron chi connectivity index (χ2n) is 3.02. The van der Waals surface area contributed by atoms with Gasteiger partial charge in [0.1, 0.15) is 6.20 Å². The molecule has 1 rings (SSSR count). The van der Waals surface area contributed by atoms with Crippen LogP contribution >= 0.6 is 0 Å². The van der Waals surface area contributed by atoms with Gasteiger partial charge in [-0.05, 0) is 6.92 Å². The van der Waals surface area contributed by atoms with Gasteiger partial charge in [0, 0.05) is 13.6 Å². The minimum atomic E-state index is -0.573. The molecule has 14 heavy (non-hydrogen) atoms. The van der Waals surface area contributed by atoms with Crippen LogP contribution < -0.4 is 5.32 Å². The number of nitrogens with one attached hydrogen (secondary N) is 1. The van der Waals surface area contributed by atoms with Crippen molar-refractivity contribution < 1.29 is 10.0 Å². The van der Waals surface area contributed by atoms with E-state index in [9.17, 15) is 10.1 Å². The van der Waals surface area contributed by atoms with E-state index in [1.54, 1.807) is 14.0 Å². The van der Waals surface area contributed by atoms with Crippen molar-refractivity contribution in [3.63, 3.8) is 0 Å². The number of anilines is 1. The molecular weight excluding hydrogens is 188 g/mol. The lowest BCUT2D eigenvalue weighted by Gasteiger charge is -2.04. The quantitative estimate of drug-likeness (QED) is 0.532. The molecule has 0 aliphatic rings. The Morgan fingerprint density at radius 3 is 3.00 bits per heavy atom. The predicted molar refractivity (Wildman–Crippen MR) is 50.0 cm³/mol. The molecule has 1 unspecified atom stereocenters. The van der Waals surface area contributed by atoms with E-state index in [0.29, 0.717) is 0 Å². The Morgan fingerprint density at radius 2 is 2.50 bits per heavy atom. The number of aliphatic hydroxyl groups is 1. The molecule has 78 valence electrons. The average molecular weight is 200 g/mol. The predicted octanol–water partition coefficient (Wildman–Crippen LogP) is 0.121. The Balaban J connectivity index is 2.79. The summed E-state index contributed by atoms with van der Waals surface area (Å²) in [6.07, 6.45) is 0.737. The highest BCUT2D eigenvalue weighted by atomic mass is 16.6. The molecule has 0 saturated carbocycles. The number of aryl methyl sites for hydroxylation is 1. The molecule has 0 bridgehead atoms. The molecule has 0 aliphatic heterocycles. The smallest absolute Gasteiger partial charge is 0.330 e. The van der Waals surface area contributed by atoms with Crippen molar-refractivity contribution in [1.29, 1.82) is 0 Å². The van der Waals surface area contributed by atoms with Crippen LogP contribution in [0.15, 0.2) is 6.20 Å². The maximum Gasteiger partial charge on any atom is 0.330 e. The summed E-state index contributed by atoms with van der Waals surface area (Å²) in [6.45, 7) is 1.82. The van der Waals surface area contributed by atoms with Crippen LogP contribution in [0.5, 0.6) is 0 Å². The largest absolute Gasteiger partial charge is 0.392 e. The second-order valence-corrected chi connectivity index (χ2v) is 3.02. The van der Waals surface area contributed by atoms with Crippen molar-refractivity contribution in [2.45, 2.75) is 13.0 Å². The third-order valence-electron chi connectivity index (χ3n) is 1.57. The van der Waals surface area contributed by atoms with Crippen LogP contribution in [0.3, 0.4) is 0 Å². The van der Waals surface area contributed by atoms with Gasteiger partial charge < -0.3 is 10.4 Å². The van der Waals surface area contributed by atoms with E-state index < -0.39 is 11.0 Å². The number of nitrogens with zero attached hydrogens (tertiary/aromatic N) is 3. The van der Waals surface area contributed by atoms with E-state index >= 15 is 0 Å². The first-order valence-electron chi connectivity index (χ1n) is 4.10. The fraction of sp³-hybridized carbons (Fsp3) is 0.571. The van der Waals surface area contributed by atoms with Crippen LogP contribution in [0.25, 0.3) is 0 Å². The molecule has 1 heterocycles. The summed E-state index contributed by atoms with van der Waals surface area (Å²) in [5.74, 6) is 0.179. The van der Waals surface area contributed by atoms with Gasteiger partial charge in [0.25, 0.3) is 0 Å². The second kappa shape index (κ2) is 4.05. The zero-order chi connectivity index (χ0) is 10.7. The molecule has 1 aromatic heterocycles. The van der Waals surface area contributed by atoms with Gasteiger partial charge in [-0.25, -0.2) is 0 Å². The van der Waals surface area contributed by atoms with E-state index in [2.05, 4.69) is 10.4 Å². The van der Waals surface area contributed by atoms with Crippen molar-refractivity contribution in [2.24, 2.45) is 7.05 Å². The first-order valence-corrected chi connectivity index (χ1v) is 4.10. The zero-order valence-electron chi connectivity index (χ0n) is 7.97. The third kappa shape index (κ3) is 2.43. The average Bonchev–Trinajstić information content (AvgIpc) is 2.43.